The SMILES string of the molecule is CC(=O)c1cccc(NC(=O)CCN2C(=O)[C@H]3CC(Cl)=CC[C@H]3C2=O)c1. The highest BCUT2D eigenvalue weighted by Crippen LogP contribution is 2.38. The summed E-state index contributed by atoms with van der Waals surface area (Å²) in [6.07, 6.45) is 2.64. The number of ketones is 1. The number of hydrogen-bond acceptors (Lipinski definition) is 4. The third kappa shape index (κ3) is 3.70. The fourth-order valence-electron chi connectivity index (χ4n) is 3.37. The molecular formula is C19H19ClN2O4. The number of halogens is 1. The lowest BCUT2D eigenvalue weighted by molar-refractivity contribution is -0.140. The number of imide groups is 1. The van der Waals surface area contributed by atoms with Gasteiger partial charge in [0, 0.05) is 29.2 Å². The van der Waals surface area contributed by atoms with Gasteiger partial charge < -0.3 is 5.32 Å². The first-order valence-corrected chi connectivity index (χ1v) is 8.85. The maximum Gasteiger partial charge on any atom is 0.233 e. The second kappa shape index (κ2) is 7.41. The summed E-state index contributed by atoms with van der Waals surface area (Å²) in [6, 6.07) is 6.62. The molecule has 1 N–H and O–H groups in total. The largest absolute Gasteiger partial charge is 0.326 e. The van der Waals surface area contributed by atoms with Crippen LogP contribution in [0.3, 0.4) is 0 Å². The Hall–Kier alpha value is -2.47. The number of nitrogens with zero attached hydrogens (tertiary/aromatic N) is 1. The van der Waals surface area contributed by atoms with Crippen LogP contribution in [0.2, 0.25) is 0 Å². The van der Waals surface area contributed by atoms with Gasteiger partial charge in [-0.1, -0.05) is 29.8 Å². The molecule has 1 aromatic carbocycles. The van der Waals surface area contributed by atoms with Gasteiger partial charge in [0.05, 0.1) is 11.8 Å². The summed E-state index contributed by atoms with van der Waals surface area (Å²) in [7, 11) is 0. The predicted octanol–water partition coefficient (Wildman–Crippen LogP) is 2.74. The van der Waals surface area contributed by atoms with E-state index in [1.807, 2.05) is 0 Å². The number of Topliss-reactive ketones (excluding diaryl/α,β-unsaturated/α-hetero) is 1. The molecule has 3 rings (SSSR count). The van der Waals surface area contributed by atoms with Crippen molar-refractivity contribution in [2.75, 3.05) is 11.9 Å². The quantitative estimate of drug-likeness (QED) is 0.634. The van der Waals surface area contributed by atoms with Gasteiger partial charge in [-0.05, 0) is 31.9 Å². The summed E-state index contributed by atoms with van der Waals surface area (Å²) in [5.74, 6) is -1.67. The van der Waals surface area contributed by atoms with Gasteiger partial charge in [-0.15, -0.1) is 0 Å². The molecule has 1 fully saturated rings. The average molecular weight is 375 g/mol. The van der Waals surface area contributed by atoms with Gasteiger partial charge >= 0.3 is 0 Å². The van der Waals surface area contributed by atoms with Crippen LogP contribution in [0.4, 0.5) is 5.69 Å². The predicted molar refractivity (Wildman–Crippen MR) is 96.6 cm³/mol. The number of hydrogen-bond donors (Lipinski definition) is 1. The highest BCUT2D eigenvalue weighted by atomic mass is 35.5. The summed E-state index contributed by atoms with van der Waals surface area (Å²) >= 11 is 5.99. The molecule has 1 saturated heterocycles. The van der Waals surface area contributed by atoms with E-state index < -0.39 is 5.92 Å². The van der Waals surface area contributed by atoms with Crippen LogP contribution < -0.4 is 5.32 Å². The molecule has 2 aliphatic rings. The van der Waals surface area contributed by atoms with Crippen LogP contribution in [-0.2, 0) is 14.4 Å². The van der Waals surface area contributed by atoms with Gasteiger partial charge in [-0.3, -0.25) is 24.1 Å². The van der Waals surface area contributed by atoms with Crippen molar-refractivity contribution in [1.29, 1.82) is 0 Å². The van der Waals surface area contributed by atoms with E-state index in [1.54, 1.807) is 30.3 Å². The Morgan fingerprint density at radius 3 is 2.69 bits per heavy atom. The standard InChI is InChI=1S/C19H19ClN2O4/c1-11(23)12-3-2-4-14(9-12)21-17(24)7-8-22-18(25)15-6-5-13(20)10-16(15)19(22)26/h2-5,9,15-16H,6-8,10H2,1H3,(H,21,24)/t15-,16+/m1/s1. The number of amides is 3. The monoisotopic (exact) mass is 374 g/mol. The molecule has 0 saturated carbocycles. The number of fused-ring (bicyclic) bond motifs is 1. The topological polar surface area (TPSA) is 83.6 Å². The normalized spacial score (nSPS) is 22.1. The number of likely N-dealkylation sites (tertiary alicyclic amines) is 1. The van der Waals surface area contributed by atoms with Gasteiger partial charge in [0.2, 0.25) is 17.7 Å². The average Bonchev–Trinajstić information content (AvgIpc) is 2.83. The van der Waals surface area contributed by atoms with Crippen molar-refractivity contribution in [2.24, 2.45) is 11.8 Å². The van der Waals surface area contributed by atoms with E-state index in [9.17, 15) is 19.2 Å². The molecule has 0 radical (unpaired) electrons. The van der Waals surface area contributed by atoms with Crippen molar-refractivity contribution in [1.82, 2.24) is 4.90 Å². The van der Waals surface area contributed by atoms with Gasteiger partial charge in [0.15, 0.2) is 5.78 Å². The molecule has 0 bridgehead atoms. The maximum absolute atomic E-state index is 12.4. The van der Waals surface area contributed by atoms with Crippen molar-refractivity contribution in [3.8, 4) is 0 Å². The Kier molecular flexibility index (Phi) is 5.23. The second-order valence-electron chi connectivity index (χ2n) is 6.57. The maximum atomic E-state index is 12.4. The van der Waals surface area contributed by atoms with E-state index >= 15 is 0 Å². The van der Waals surface area contributed by atoms with Crippen molar-refractivity contribution in [3.05, 3.63) is 40.9 Å². The molecule has 0 unspecified atom stereocenters. The van der Waals surface area contributed by atoms with E-state index in [1.165, 1.54) is 11.8 Å². The Bertz CT molecular complexity index is 818. The fraction of sp³-hybridized carbons (Fsp3) is 0.368. The van der Waals surface area contributed by atoms with Crippen molar-refractivity contribution in [2.45, 2.75) is 26.2 Å². The summed E-state index contributed by atoms with van der Waals surface area (Å²) in [4.78, 5) is 49.6. The zero-order valence-electron chi connectivity index (χ0n) is 14.3. The number of allylic oxidation sites excluding steroid dienone is 2. The lowest BCUT2D eigenvalue weighted by Gasteiger charge is -2.17. The van der Waals surface area contributed by atoms with Gasteiger partial charge in [0.25, 0.3) is 0 Å². The molecule has 2 atom stereocenters. The van der Waals surface area contributed by atoms with Crippen LogP contribution in [-0.4, -0.2) is 34.9 Å². The molecule has 1 aliphatic carbocycles. The lowest BCUT2D eigenvalue weighted by Crippen LogP contribution is -2.34. The minimum atomic E-state index is -0.407. The highest BCUT2D eigenvalue weighted by molar-refractivity contribution is 6.30. The molecule has 136 valence electrons. The highest BCUT2D eigenvalue weighted by Gasteiger charge is 2.48. The number of carbonyl (C=O) groups is 4. The van der Waals surface area contributed by atoms with Gasteiger partial charge in [0.1, 0.15) is 0 Å². The van der Waals surface area contributed by atoms with E-state index in [4.69, 9.17) is 11.6 Å². The third-order valence-corrected chi connectivity index (χ3v) is 5.08. The molecule has 0 spiro atoms. The number of anilines is 1. The van der Waals surface area contributed by atoms with E-state index in [0.717, 1.165) is 0 Å². The van der Waals surface area contributed by atoms with Crippen LogP contribution >= 0.6 is 11.6 Å². The van der Waals surface area contributed by atoms with E-state index in [-0.39, 0.29) is 42.4 Å². The summed E-state index contributed by atoms with van der Waals surface area (Å²) in [6.45, 7) is 1.49. The van der Waals surface area contributed by atoms with Crippen molar-refractivity contribution in [3.63, 3.8) is 0 Å². The number of benzene rings is 1. The van der Waals surface area contributed by atoms with Crippen molar-refractivity contribution < 1.29 is 19.2 Å². The smallest absolute Gasteiger partial charge is 0.233 e. The number of nitrogens with one attached hydrogen (secondary N) is 1. The molecule has 3 amide bonds. The first-order chi connectivity index (χ1) is 12.4. The van der Waals surface area contributed by atoms with Crippen LogP contribution in [0.1, 0.15) is 36.5 Å². The molecule has 1 aromatic rings. The zero-order valence-corrected chi connectivity index (χ0v) is 15.1. The molecule has 7 heteroatoms. The molecule has 1 aliphatic heterocycles. The number of carbonyl (C=O) groups excluding carboxylic acids is 4. The molecule has 1 heterocycles. The Labute approximate surface area is 156 Å². The summed E-state index contributed by atoms with van der Waals surface area (Å²) in [5.41, 5.74) is 1.01. The van der Waals surface area contributed by atoms with Crippen LogP contribution in [0.5, 0.6) is 0 Å². The molecule has 0 aromatic heterocycles. The lowest BCUT2D eigenvalue weighted by atomic mass is 9.85. The van der Waals surface area contributed by atoms with Crippen LogP contribution in [0.15, 0.2) is 35.4 Å². The second-order valence-corrected chi connectivity index (χ2v) is 7.05. The Morgan fingerprint density at radius 1 is 1.23 bits per heavy atom. The van der Waals surface area contributed by atoms with Crippen LogP contribution in [0, 0.1) is 11.8 Å². The first-order valence-electron chi connectivity index (χ1n) is 8.47. The Morgan fingerprint density at radius 2 is 1.96 bits per heavy atom. The minimum Gasteiger partial charge on any atom is -0.326 e. The minimum absolute atomic E-state index is 0.00236. The third-order valence-electron chi connectivity index (χ3n) is 4.78. The summed E-state index contributed by atoms with van der Waals surface area (Å²) < 4.78 is 0. The van der Waals surface area contributed by atoms with Gasteiger partial charge in [-0.2, -0.15) is 0 Å². The first kappa shape index (κ1) is 18.3. The molecule has 6 nitrogen and oxygen atoms in total. The number of rotatable bonds is 5. The molecular weight excluding hydrogens is 356 g/mol. The Balaban J connectivity index is 1.58. The van der Waals surface area contributed by atoms with Crippen molar-refractivity contribution >= 4 is 40.8 Å². The van der Waals surface area contributed by atoms with E-state index in [0.29, 0.717) is 29.1 Å². The molecule has 26 heavy (non-hydrogen) atoms. The fourth-order valence-corrected chi connectivity index (χ4v) is 3.62. The summed E-state index contributed by atoms with van der Waals surface area (Å²) in [5, 5.41) is 3.30. The van der Waals surface area contributed by atoms with Gasteiger partial charge in [-0.25, -0.2) is 0 Å². The van der Waals surface area contributed by atoms with Crippen LogP contribution in [0.25, 0.3) is 0 Å². The van der Waals surface area contributed by atoms with E-state index in [2.05, 4.69) is 5.32 Å². The zero-order chi connectivity index (χ0) is 18.8.